The van der Waals surface area contributed by atoms with Gasteiger partial charge in [0.1, 0.15) is 12.1 Å². The summed E-state index contributed by atoms with van der Waals surface area (Å²) in [6, 6.07) is 29.7. The molecule has 0 amide bonds. The largest absolute Gasteiger partial charge is 0.461 e. The first-order valence-corrected chi connectivity index (χ1v) is 13.4. The summed E-state index contributed by atoms with van der Waals surface area (Å²) < 4.78 is 49.0. The van der Waals surface area contributed by atoms with Crippen LogP contribution in [0.3, 0.4) is 0 Å². The summed E-state index contributed by atoms with van der Waals surface area (Å²) in [5, 5.41) is 9.18. The summed E-state index contributed by atoms with van der Waals surface area (Å²) >= 11 is 0. The third-order valence-electron chi connectivity index (χ3n) is 7.42. The first-order chi connectivity index (χ1) is 19.8. The number of rotatable bonds is 7. The van der Waals surface area contributed by atoms with E-state index in [1.807, 2.05) is 95.7 Å². The number of benzene rings is 3. The number of hydrogen-bond donors (Lipinski definition) is 0. The van der Waals surface area contributed by atoms with E-state index in [2.05, 4.69) is 5.10 Å². The van der Waals surface area contributed by atoms with Crippen molar-refractivity contribution in [1.82, 2.24) is 19.6 Å². The Balaban J connectivity index is 1.63. The van der Waals surface area contributed by atoms with E-state index in [-0.39, 0.29) is 18.0 Å². The van der Waals surface area contributed by atoms with Gasteiger partial charge in [-0.25, -0.2) is 4.79 Å². The van der Waals surface area contributed by atoms with Gasteiger partial charge in [-0.3, -0.25) is 9.36 Å². The number of aromatic nitrogens is 4. The molecule has 0 fully saturated rings. The molecule has 2 aromatic heterocycles. The minimum absolute atomic E-state index is 0.0788. The molecule has 0 bridgehead atoms. The van der Waals surface area contributed by atoms with Gasteiger partial charge in [-0.15, -0.1) is 0 Å². The molecule has 0 aliphatic heterocycles. The Morgan fingerprint density at radius 3 is 1.85 bits per heavy atom. The van der Waals surface area contributed by atoms with Crippen molar-refractivity contribution in [2.75, 3.05) is 6.61 Å². The monoisotopic (exact) mass is 556 g/mol. The van der Waals surface area contributed by atoms with Crippen LogP contribution in [-0.2, 0) is 29.7 Å². The van der Waals surface area contributed by atoms with Gasteiger partial charge >= 0.3 is 12.1 Å². The number of carbonyl (C=O) groups is 1. The zero-order valence-corrected chi connectivity index (χ0v) is 22.3. The second-order valence-electron chi connectivity index (χ2n) is 9.91. The van der Waals surface area contributed by atoms with Crippen LogP contribution in [0.25, 0.3) is 11.3 Å². The molecule has 5 aromatic rings. The van der Waals surface area contributed by atoms with Crippen molar-refractivity contribution in [3.05, 3.63) is 131 Å². The number of fused-ring (bicyclic) bond motifs is 3. The lowest BCUT2D eigenvalue weighted by molar-refractivity contribution is -0.142. The average Bonchev–Trinajstić information content (AvgIpc) is 3.56. The molecule has 6 rings (SSSR count). The second kappa shape index (κ2) is 10.4. The number of aryl methyl sites for hydroxylation is 1. The maximum Gasteiger partial charge on any atom is 0.408 e. The Kier molecular flexibility index (Phi) is 6.73. The number of alkyl halides is 3. The van der Waals surface area contributed by atoms with Crippen molar-refractivity contribution in [3.8, 4) is 11.3 Å². The van der Waals surface area contributed by atoms with Crippen LogP contribution in [-0.4, -0.2) is 38.3 Å². The molecule has 0 saturated heterocycles. The van der Waals surface area contributed by atoms with Gasteiger partial charge in [0.15, 0.2) is 5.69 Å². The van der Waals surface area contributed by atoms with Gasteiger partial charge < -0.3 is 4.74 Å². The number of esters is 1. The van der Waals surface area contributed by atoms with E-state index in [9.17, 15) is 18.0 Å². The Morgan fingerprint density at radius 2 is 1.37 bits per heavy atom. The number of carbonyl (C=O) groups excluding carboxylic acids is 1. The molecule has 0 radical (unpaired) electrons. The molecule has 1 aliphatic rings. The fourth-order valence-electron chi connectivity index (χ4n) is 5.83. The van der Waals surface area contributed by atoms with Crippen LogP contribution < -0.4 is 0 Å². The first-order valence-electron chi connectivity index (χ1n) is 13.4. The fraction of sp³-hybridized carbons (Fsp3) is 0.219. The van der Waals surface area contributed by atoms with Crippen molar-refractivity contribution in [2.45, 2.75) is 38.0 Å². The van der Waals surface area contributed by atoms with Gasteiger partial charge in [0, 0.05) is 17.3 Å². The summed E-state index contributed by atoms with van der Waals surface area (Å²) in [6.45, 7) is 0.409. The predicted molar refractivity (Wildman–Crippen MR) is 147 cm³/mol. The predicted octanol–water partition coefficient (Wildman–Crippen LogP) is 6.42. The molecule has 41 heavy (non-hydrogen) atoms. The lowest BCUT2D eigenvalue weighted by Crippen LogP contribution is -2.38. The molecule has 1 aliphatic carbocycles. The molecule has 0 unspecified atom stereocenters. The van der Waals surface area contributed by atoms with Crippen LogP contribution in [0.5, 0.6) is 0 Å². The summed E-state index contributed by atoms with van der Waals surface area (Å²) in [4.78, 5) is 12.7. The first kappa shape index (κ1) is 26.6. The summed E-state index contributed by atoms with van der Waals surface area (Å²) in [5.74, 6) is -0.729. The van der Waals surface area contributed by atoms with E-state index < -0.39 is 24.2 Å². The summed E-state index contributed by atoms with van der Waals surface area (Å²) in [5.41, 5.74) is 3.67. The van der Waals surface area contributed by atoms with E-state index in [0.29, 0.717) is 29.7 Å². The van der Waals surface area contributed by atoms with Crippen LogP contribution in [0, 0.1) is 0 Å². The van der Waals surface area contributed by atoms with E-state index in [1.54, 1.807) is 13.1 Å². The maximum absolute atomic E-state index is 13.7. The van der Waals surface area contributed by atoms with E-state index in [1.165, 1.54) is 0 Å². The molecular formula is C32H27F3N4O2. The van der Waals surface area contributed by atoms with Gasteiger partial charge in [-0.2, -0.15) is 23.4 Å². The third-order valence-corrected chi connectivity index (χ3v) is 7.42. The highest BCUT2D eigenvalue weighted by atomic mass is 19.4. The number of ether oxygens (including phenoxy) is 1. The molecule has 0 saturated carbocycles. The molecular weight excluding hydrogens is 529 g/mol. The van der Waals surface area contributed by atoms with Crippen molar-refractivity contribution in [1.29, 1.82) is 0 Å². The number of hydrogen-bond acceptors (Lipinski definition) is 4. The van der Waals surface area contributed by atoms with Crippen molar-refractivity contribution in [2.24, 2.45) is 0 Å². The van der Waals surface area contributed by atoms with Gasteiger partial charge in [0.2, 0.25) is 0 Å². The van der Waals surface area contributed by atoms with Crippen molar-refractivity contribution in [3.63, 3.8) is 0 Å². The number of nitrogens with zero attached hydrogens (tertiary/aromatic N) is 4. The molecule has 0 atom stereocenters. The lowest BCUT2D eigenvalue weighted by atomic mass is 9.77. The summed E-state index contributed by atoms with van der Waals surface area (Å²) in [6.07, 6.45) is -1.99. The van der Waals surface area contributed by atoms with Crippen molar-refractivity contribution >= 4 is 5.97 Å². The minimum atomic E-state index is -4.54. The molecule has 0 spiro atoms. The molecule has 208 valence electrons. The van der Waals surface area contributed by atoms with Gasteiger partial charge in [-0.1, -0.05) is 91.0 Å². The smallest absolute Gasteiger partial charge is 0.408 e. The highest BCUT2D eigenvalue weighted by Gasteiger charge is 2.42. The Hall–Kier alpha value is -4.66. The van der Waals surface area contributed by atoms with Crippen LogP contribution >= 0.6 is 0 Å². The van der Waals surface area contributed by atoms with E-state index in [4.69, 9.17) is 9.84 Å². The van der Waals surface area contributed by atoms with E-state index >= 15 is 0 Å². The van der Waals surface area contributed by atoms with Crippen LogP contribution in [0.1, 0.15) is 45.4 Å². The van der Waals surface area contributed by atoms with Gasteiger partial charge in [0.05, 0.1) is 18.0 Å². The minimum Gasteiger partial charge on any atom is -0.461 e. The van der Waals surface area contributed by atoms with Gasteiger partial charge in [0.25, 0.3) is 0 Å². The Labute approximate surface area is 235 Å². The number of halogens is 3. The average molecular weight is 557 g/mol. The maximum atomic E-state index is 13.7. The molecule has 2 heterocycles. The van der Waals surface area contributed by atoms with Crippen LogP contribution in [0.15, 0.2) is 97.2 Å². The Bertz CT molecular complexity index is 1580. The standard InChI is InChI=1S/C32H27F3N4O2/c1-2-41-30(40)28-25-18-19-27-26(29(25)38(37-28)21-31(33,34)35)20-39(36-27)32(22-12-6-3-7-13-22,23-14-8-4-9-15-23)24-16-10-5-11-17-24/h3-17,20H,2,18-19,21H2,1H3. The van der Waals surface area contributed by atoms with Crippen LogP contribution in [0.2, 0.25) is 0 Å². The normalized spacial score (nSPS) is 13.0. The Morgan fingerprint density at radius 1 is 0.829 bits per heavy atom. The highest BCUT2D eigenvalue weighted by molar-refractivity contribution is 5.92. The third kappa shape index (κ3) is 4.61. The topological polar surface area (TPSA) is 61.9 Å². The van der Waals surface area contributed by atoms with Gasteiger partial charge in [-0.05, 0) is 36.5 Å². The van der Waals surface area contributed by atoms with Crippen molar-refractivity contribution < 1.29 is 22.7 Å². The molecule has 6 nitrogen and oxygen atoms in total. The van der Waals surface area contributed by atoms with E-state index in [0.717, 1.165) is 21.4 Å². The SMILES string of the molecule is CCOC(=O)c1nn(CC(F)(F)F)c2c1CCc1nn(C(c3ccccc3)(c3ccccc3)c3ccccc3)cc1-2. The fourth-order valence-corrected chi connectivity index (χ4v) is 5.83. The highest BCUT2D eigenvalue weighted by Crippen LogP contribution is 2.44. The quantitative estimate of drug-likeness (QED) is 0.171. The zero-order chi connectivity index (χ0) is 28.6. The molecule has 3 aromatic carbocycles. The van der Waals surface area contributed by atoms with Crippen LogP contribution in [0.4, 0.5) is 13.2 Å². The lowest BCUT2D eigenvalue weighted by Gasteiger charge is -2.36. The molecule has 0 N–H and O–H groups in total. The zero-order valence-electron chi connectivity index (χ0n) is 22.3. The second-order valence-corrected chi connectivity index (χ2v) is 9.91. The summed E-state index contributed by atoms with van der Waals surface area (Å²) in [7, 11) is 0. The molecule has 9 heteroatoms.